The SMILES string of the molecule is Cc1c(C2CC2N)cc([N+](=O)[O-])cc1[N+](=O)[O-]. The Morgan fingerprint density at radius 2 is 1.88 bits per heavy atom. The molecule has 7 heteroatoms. The highest BCUT2D eigenvalue weighted by Gasteiger charge is 2.38. The molecule has 0 amide bonds. The number of benzene rings is 1. The fraction of sp³-hybridized carbons (Fsp3) is 0.400. The van der Waals surface area contributed by atoms with Crippen LogP contribution in [0.3, 0.4) is 0 Å². The van der Waals surface area contributed by atoms with Gasteiger partial charge in [-0.1, -0.05) is 0 Å². The summed E-state index contributed by atoms with van der Waals surface area (Å²) in [5, 5.41) is 21.5. The Labute approximate surface area is 96.5 Å². The molecule has 0 aromatic heterocycles. The summed E-state index contributed by atoms with van der Waals surface area (Å²) >= 11 is 0. The van der Waals surface area contributed by atoms with Crippen molar-refractivity contribution < 1.29 is 9.85 Å². The molecule has 1 aliphatic carbocycles. The largest absolute Gasteiger partial charge is 0.327 e. The van der Waals surface area contributed by atoms with E-state index >= 15 is 0 Å². The molecule has 2 atom stereocenters. The van der Waals surface area contributed by atoms with E-state index in [-0.39, 0.29) is 23.3 Å². The summed E-state index contributed by atoms with van der Waals surface area (Å²) in [5.74, 6) is 0.00796. The molecule has 0 heterocycles. The van der Waals surface area contributed by atoms with Crippen LogP contribution in [0.15, 0.2) is 12.1 Å². The van der Waals surface area contributed by atoms with Crippen molar-refractivity contribution in [3.8, 4) is 0 Å². The van der Waals surface area contributed by atoms with Crippen LogP contribution < -0.4 is 5.73 Å². The molecule has 0 saturated heterocycles. The summed E-state index contributed by atoms with van der Waals surface area (Å²) in [5.41, 5.74) is 6.31. The molecule has 2 unspecified atom stereocenters. The van der Waals surface area contributed by atoms with Crippen molar-refractivity contribution in [2.24, 2.45) is 5.73 Å². The first kappa shape index (κ1) is 11.5. The number of nitrogens with two attached hydrogens (primary N) is 1. The standard InChI is InChI=1S/C10H11N3O4/c1-5-7(8-4-9(8)11)2-6(12(14)15)3-10(5)13(16)17/h2-3,8-9H,4,11H2,1H3. The van der Waals surface area contributed by atoms with Crippen molar-refractivity contribution in [1.82, 2.24) is 0 Å². The lowest BCUT2D eigenvalue weighted by molar-refractivity contribution is -0.394. The van der Waals surface area contributed by atoms with Crippen molar-refractivity contribution in [2.45, 2.75) is 25.3 Å². The van der Waals surface area contributed by atoms with E-state index in [1.807, 2.05) is 0 Å². The number of nitro benzene ring substituents is 2. The van der Waals surface area contributed by atoms with E-state index in [9.17, 15) is 20.2 Å². The molecule has 0 spiro atoms. The minimum Gasteiger partial charge on any atom is -0.327 e. The molecule has 90 valence electrons. The zero-order chi connectivity index (χ0) is 12.7. The molecule has 17 heavy (non-hydrogen) atoms. The van der Waals surface area contributed by atoms with Gasteiger partial charge in [-0.15, -0.1) is 0 Å². The first-order chi connectivity index (χ1) is 7.91. The molecule has 2 rings (SSSR count). The summed E-state index contributed by atoms with van der Waals surface area (Å²) in [6, 6.07) is 2.34. The van der Waals surface area contributed by atoms with Crippen molar-refractivity contribution in [3.05, 3.63) is 43.5 Å². The zero-order valence-corrected chi connectivity index (χ0v) is 9.12. The third-order valence-corrected chi connectivity index (χ3v) is 3.05. The van der Waals surface area contributed by atoms with Crippen LogP contribution in [0.25, 0.3) is 0 Å². The quantitative estimate of drug-likeness (QED) is 0.634. The van der Waals surface area contributed by atoms with Gasteiger partial charge in [0.25, 0.3) is 11.4 Å². The summed E-state index contributed by atoms with van der Waals surface area (Å²) in [7, 11) is 0. The fourth-order valence-electron chi connectivity index (χ4n) is 1.96. The Hall–Kier alpha value is -2.02. The summed E-state index contributed by atoms with van der Waals surface area (Å²) in [6.07, 6.45) is 0.721. The van der Waals surface area contributed by atoms with Gasteiger partial charge in [0.05, 0.1) is 15.9 Å². The second-order valence-corrected chi connectivity index (χ2v) is 4.20. The van der Waals surface area contributed by atoms with E-state index in [1.54, 1.807) is 6.92 Å². The van der Waals surface area contributed by atoms with E-state index in [4.69, 9.17) is 5.73 Å². The first-order valence-electron chi connectivity index (χ1n) is 5.10. The molecular formula is C10H11N3O4. The number of non-ortho nitro benzene ring substituents is 1. The number of nitrogens with zero attached hydrogens (tertiary/aromatic N) is 2. The highest BCUT2D eigenvalue weighted by atomic mass is 16.6. The molecule has 7 nitrogen and oxygen atoms in total. The van der Waals surface area contributed by atoms with Gasteiger partial charge in [-0.3, -0.25) is 20.2 Å². The number of hydrogen-bond acceptors (Lipinski definition) is 5. The molecule has 1 aromatic rings. The Balaban J connectivity index is 2.57. The Morgan fingerprint density at radius 1 is 1.29 bits per heavy atom. The Morgan fingerprint density at radius 3 is 2.29 bits per heavy atom. The second kappa shape index (κ2) is 3.77. The highest BCUT2D eigenvalue weighted by Crippen LogP contribution is 2.44. The first-order valence-corrected chi connectivity index (χ1v) is 5.10. The van der Waals surface area contributed by atoms with Gasteiger partial charge >= 0.3 is 0 Å². The maximum Gasteiger partial charge on any atom is 0.279 e. The molecule has 1 saturated carbocycles. The third-order valence-electron chi connectivity index (χ3n) is 3.05. The lowest BCUT2D eigenvalue weighted by atomic mass is 10.0. The predicted octanol–water partition coefficient (Wildman–Crippen LogP) is 1.63. The van der Waals surface area contributed by atoms with Crippen molar-refractivity contribution in [3.63, 3.8) is 0 Å². The van der Waals surface area contributed by atoms with Crippen LogP contribution in [0.5, 0.6) is 0 Å². The minimum absolute atomic E-state index is 0.00796. The molecule has 0 aliphatic heterocycles. The Kier molecular flexibility index (Phi) is 2.55. The van der Waals surface area contributed by atoms with Gasteiger partial charge in [-0.05, 0) is 18.9 Å². The van der Waals surface area contributed by atoms with Crippen molar-refractivity contribution in [2.75, 3.05) is 0 Å². The summed E-state index contributed by atoms with van der Waals surface area (Å²) in [4.78, 5) is 20.3. The van der Waals surface area contributed by atoms with Gasteiger partial charge in [-0.2, -0.15) is 0 Å². The third kappa shape index (κ3) is 1.96. The molecule has 1 aliphatic rings. The maximum absolute atomic E-state index is 10.8. The summed E-state index contributed by atoms with van der Waals surface area (Å²) in [6.45, 7) is 1.60. The van der Waals surface area contributed by atoms with Crippen LogP contribution in [-0.2, 0) is 0 Å². The normalized spacial score (nSPS) is 22.2. The Bertz CT molecular complexity index is 515. The van der Waals surface area contributed by atoms with Crippen LogP contribution in [0, 0.1) is 27.2 Å². The van der Waals surface area contributed by atoms with Gasteiger partial charge in [0.15, 0.2) is 0 Å². The molecule has 1 fully saturated rings. The van der Waals surface area contributed by atoms with Crippen LogP contribution in [0.1, 0.15) is 23.5 Å². The van der Waals surface area contributed by atoms with E-state index < -0.39 is 9.85 Å². The minimum atomic E-state index is -0.621. The fourth-order valence-corrected chi connectivity index (χ4v) is 1.96. The number of hydrogen-bond donors (Lipinski definition) is 1. The maximum atomic E-state index is 10.8. The highest BCUT2D eigenvalue weighted by molar-refractivity contribution is 5.55. The van der Waals surface area contributed by atoms with Gasteiger partial charge < -0.3 is 5.73 Å². The number of nitro groups is 2. The smallest absolute Gasteiger partial charge is 0.279 e. The van der Waals surface area contributed by atoms with E-state index in [1.165, 1.54) is 6.07 Å². The molecule has 1 aromatic carbocycles. The monoisotopic (exact) mass is 237 g/mol. The van der Waals surface area contributed by atoms with E-state index in [0.717, 1.165) is 12.5 Å². The van der Waals surface area contributed by atoms with E-state index in [0.29, 0.717) is 11.1 Å². The van der Waals surface area contributed by atoms with Crippen molar-refractivity contribution in [1.29, 1.82) is 0 Å². The van der Waals surface area contributed by atoms with Gasteiger partial charge in [0.2, 0.25) is 0 Å². The van der Waals surface area contributed by atoms with Crippen molar-refractivity contribution >= 4 is 11.4 Å². The van der Waals surface area contributed by atoms with Gasteiger partial charge in [0, 0.05) is 23.6 Å². The topological polar surface area (TPSA) is 112 Å². The lowest BCUT2D eigenvalue weighted by Gasteiger charge is -2.05. The van der Waals surface area contributed by atoms with Crippen LogP contribution in [0.2, 0.25) is 0 Å². The van der Waals surface area contributed by atoms with Crippen LogP contribution in [-0.4, -0.2) is 15.9 Å². The zero-order valence-electron chi connectivity index (χ0n) is 9.12. The number of rotatable bonds is 3. The molecule has 0 bridgehead atoms. The lowest BCUT2D eigenvalue weighted by Crippen LogP contribution is -2.04. The van der Waals surface area contributed by atoms with Crippen LogP contribution in [0.4, 0.5) is 11.4 Å². The van der Waals surface area contributed by atoms with Crippen LogP contribution >= 0.6 is 0 Å². The van der Waals surface area contributed by atoms with Gasteiger partial charge in [-0.25, -0.2) is 0 Å². The molecule has 2 N–H and O–H groups in total. The average Bonchev–Trinajstić information content (AvgIpc) is 2.94. The van der Waals surface area contributed by atoms with E-state index in [2.05, 4.69) is 0 Å². The van der Waals surface area contributed by atoms with Gasteiger partial charge in [0.1, 0.15) is 0 Å². The average molecular weight is 237 g/mol. The molecular weight excluding hydrogens is 226 g/mol. The summed E-state index contributed by atoms with van der Waals surface area (Å²) < 4.78 is 0. The predicted molar refractivity (Wildman–Crippen MR) is 59.8 cm³/mol. The molecule has 0 radical (unpaired) electrons. The second-order valence-electron chi connectivity index (χ2n) is 4.20.